The lowest BCUT2D eigenvalue weighted by Crippen LogP contribution is -2.30. The van der Waals surface area contributed by atoms with Crippen LogP contribution in [0.2, 0.25) is 0 Å². The maximum absolute atomic E-state index is 13.3. The number of amides is 2. The number of nitrogens with one attached hydrogen (secondary N) is 2. The van der Waals surface area contributed by atoms with Gasteiger partial charge >= 0.3 is 5.97 Å². The highest BCUT2D eigenvalue weighted by Gasteiger charge is 2.19. The van der Waals surface area contributed by atoms with E-state index < -0.39 is 11.9 Å². The fourth-order valence-corrected chi connectivity index (χ4v) is 3.44. The van der Waals surface area contributed by atoms with E-state index in [1.165, 1.54) is 13.2 Å². The van der Waals surface area contributed by atoms with Gasteiger partial charge in [0.25, 0.3) is 11.8 Å². The fraction of sp³-hybridized carbons (Fsp3) is 0.111. The van der Waals surface area contributed by atoms with Crippen LogP contribution in [0.3, 0.4) is 0 Å². The summed E-state index contributed by atoms with van der Waals surface area (Å²) >= 11 is 0. The lowest BCUT2D eigenvalue weighted by Gasteiger charge is -2.08. The zero-order valence-electron chi connectivity index (χ0n) is 19.3. The Morgan fingerprint density at radius 1 is 0.914 bits per heavy atom. The maximum Gasteiger partial charge on any atom is 0.325 e. The molecule has 0 saturated heterocycles. The largest absolute Gasteiger partial charge is 0.468 e. The van der Waals surface area contributed by atoms with Gasteiger partial charge in [-0.2, -0.15) is 5.10 Å². The molecule has 0 fully saturated rings. The molecule has 35 heavy (non-hydrogen) atoms. The monoisotopic (exact) mass is 468 g/mol. The van der Waals surface area contributed by atoms with Crippen LogP contribution in [0, 0.1) is 6.92 Å². The average molecular weight is 469 g/mol. The van der Waals surface area contributed by atoms with E-state index in [4.69, 9.17) is 0 Å². The van der Waals surface area contributed by atoms with Crippen molar-refractivity contribution >= 4 is 23.5 Å². The molecular weight excluding hydrogens is 444 g/mol. The Balaban J connectivity index is 1.61. The number of nitrogens with zero attached hydrogens (tertiary/aromatic N) is 2. The Hall–Kier alpha value is -4.72. The Labute approximate surface area is 202 Å². The zero-order valence-corrected chi connectivity index (χ0v) is 19.3. The number of carbonyl (C=O) groups excluding carboxylic acids is 3. The van der Waals surface area contributed by atoms with E-state index in [9.17, 15) is 14.4 Å². The van der Waals surface area contributed by atoms with Crippen molar-refractivity contribution in [2.45, 2.75) is 6.92 Å². The van der Waals surface area contributed by atoms with E-state index in [0.717, 1.165) is 16.8 Å². The number of anilines is 1. The second kappa shape index (κ2) is 10.5. The first-order valence-corrected chi connectivity index (χ1v) is 10.9. The first kappa shape index (κ1) is 23.4. The second-order valence-corrected chi connectivity index (χ2v) is 7.83. The molecule has 0 atom stereocenters. The molecule has 8 nitrogen and oxygen atoms in total. The number of esters is 1. The van der Waals surface area contributed by atoms with Gasteiger partial charge in [-0.25, -0.2) is 4.68 Å². The summed E-state index contributed by atoms with van der Waals surface area (Å²) in [6.45, 7) is 1.76. The van der Waals surface area contributed by atoms with E-state index >= 15 is 0 Å². The molecule has 0 unspecified atom stereocenters. The van der Waals surface area contributed by atoms with Crippen molar-refractivity contribution in [1.82, 2.24) is 15.1 Å². The number of aromatic nitrogens is 2. The molecule has 4 rings (SSSR count). The lowest BCUT2D eigenvalue weighted by molar-refractivity contribution is -0.139. The van der Waals surface area contributed by atoms with Crippen molar-refractivity contribution < 1.29 is 19.1 Å². The van der Waals surface area contributed by atoms with Crippen LogP contribution in [0.1, 0.15) is 26.3 Å². The predicted molar refractivity (Wildman–Crippen MR) is 132 cm³/mol. The summed E-state index contributed by atoms with van der Waals surface area (Å²) in [6, 6.07) is 23.8. The van der Waals surface area contributed by atoms with Crippen LogP contribution in [-0.2, 0) is 9.53 Å². The van der Waals surface area contributed by atoms with E-state index in [1.54, 1.807) is 29.1 Å². The van der Waals surface area contributed by atoms with E-state index in [-0.39, 0.29) is 12.5 Å². The molecule has 4 aromatic rings. The van der Waals surface area contributed by atoms with Gasteiger partial charge < -0.3 is 15.4 Å². The minimum Gasteiger partial charge on any atom is -0.468 e. The van der Waals surface area contributed by atoms with Crippen LogP contribution in [0.4, 0.5) is 5.69 Å². The first-order valence-electron chi connectivity index (χ1n) is 10.9. The molecule has 0 spiro atoms. The van der Waals surface area contributed by atoms with Crippen LogP contribution in [0.15, 0.2) is 85.1 Å². The third kappa shape index (κ3) is 5.62. The number of hydrogen-bond acceptors (Lipinski definition) is 5. The van der Waals surface area contributed by atoms with Gasteiger partial charge in [0.2, 0.25) is 0 Å². The molecule has 1 aromatic heterocycles. The molecule has 0 aliphatic rings. The molecule has 8 heteroatoms. The third-order valence-electron chi connectivity index (χ3n) is 5.31. The SMILES string of the molecule is COC(=O)CNC(=O)c1cccc(NC(=O)c2cn(-c3ccc(C)cc3)nc2-c2ccccc2)c1. The number of methoxy groups -OCH3 is 1. The number of ether oxygens (including phenoxy) is 1. The van der Waals surface area contributed by atoms with Crippen LogP contribution < -0.4 is 10.6 Å². The van der Waals surface area contributed by atoms with Gasteiger partial charge in [-0.3, -0.25) is 14.4 Å². The third-order valence-corrected chi connectivity index (χ3v) is 5.31. The van der Waals surface area contributed by atoms with E-state index in [1.807, 2.05) is 61.5 Å². The van der Waals surface area contributed by atoms with Crippen LogP contribution in [-0.4, -0.2) is 41.2 Å². The van der Waals surface area contributed by atoms with Gasteiger partial charge in [0.1, 0.15) is 12.2 Å². The molecule has 1 heterocycles. The molecule has 0 saturated carbocycles. The number of aryl methyl sites for hydroxylation is 1. The summed E-state index contributed by atoms with van der Waals surface area (Å²) in [5.74, 6) is -1.38. The summed E-state index contributed by atoms with van der Waals surface area (Å²) in [4.78, 5) is 37.0. The first-order chi connectivity index (χ1) is 16.9. The molecule has 0 bridgehead atoms. The summed E-state index contributed by atoms with van der Waals surface area (Å²) < 4.78 is 6.20. The molecule has 176 valence electrons. The lowest BCUT2D eigenvalue weighted by atomic mass is 10.1. The number of carbonyl (C=O) groups is 3. The highest BCUT2D eigenvalue weighted by atomic mass is 16.5. The van der Waals surface area contributed by atoms with Gasteiger partial charge in [0, 0.05) is 23.0 Å². The quantitative estimate of drug-likeness (QED) is 0.399. The van der Waals surface area contributed by atoms with Gasteiger partial charge in [0.05, 0.1) is 18.4 Å². The summed E-state index contributed by atoms with van der Waals surface area (Å²) in [5, 5.41) is 10.0. The van der Waals surface area contributed by atoms with Gasteiger partial charge in [0.15, 0.2) is 0 Å². The molecule has 0 radical (unpaired) electrons. The van der Waals surface area contributed by atoms with Gasteiger partial charge in [-0.05, 0) is 37.3 Å². The Kier molecular flexibility index (Phi) is 7.02. The predicted octanol–water partition coefficient (Wildman–Crippen LogP) is 4.00. The van der Waals surface area contributed by atoms with Crippen LogP contribution >= 0.6 is 0 Å². The van der Waals surface area contributed by atoms with E-state index in [0.29, 0.717) is 22.5 Å². The van der Waals surface area contributed by atoms with Crippen LogP contribution in [0.5, 0.6) is 0 Å². The normalized spacial score (nSPS) is 10.5. The number of rotatable bonds is 7. The number of hydrogen-bond donors (Lipinski definition) is 2. The zero-order chi connectivity index (χ0) is 24.8. The maximum atomic E-state index is 13.3. The van der Waals surface area contributed by atoms with Crippen molar-refractivity contribution in [2.75, 3.05) is 19.0 Å². The average Bonchev–Trinajstić information content (AvgIpc) is 3.34. The van der Waals surface area contributed by atoms with Crippen LogP contribution in [0.25, 0.3) is 16.9 Å². The standard InChI is InChI=1S/C27H24N4O4/c1-18-11-13-22(14-12-18)31-17-23(25(30-31)19-7-4-3-5-8-19)27(34)29-21-10-6-9-20(15-21)26(33)28-16-24(32)35-2/h3-15,17H,16H2,1-2H3,(H,28,33)(H,29,34). The fourth-order valence-electron chi connectivity index (χ4n) is 3.44. The van der Waals surface area contributed by atoms with Crippen molar-refractivity contribution in [3.8, 4) is 16.9 Å². The topological polar surface area (TPSA) is 102 Å². The Morgan fingerprint density at radius 2 is 1.66 bits per heavy atom. The minimum atomic E-state index is -0.554. The van der Waals surface area contributed by atoms with Crippen molar-refractivity contribution in [3.63, 3.8) is 0 Å². The molecule has 2 amide bonds. The highest BCUT2D eigenvalue weighted by Crippen LogP contribution is 2.25. The van der Waals surface area contributed by atoms with Crippen molar-refractivity contribution in [2.24, 2.45) is 0 Å². The highest BCUT2D eigenvalue weighted by molar-refractivity contribution is 6.08. The second-order valence-electron chi connectivity index (χ2n) is 7.83. The number of benzene rings is 3. The molecular formula is C27H24N4O4. The minimum absolute atomic E-state index is 0.245. The smallest absolute Gasteiger partial charge is 0.325 e. The molecule has 0 aliphatic carbocycles. The summed E-state index contributed by atoms with van der Waals surface area (Å²) in [6.07, 6.45) is 1.69. The van der Waals surface area contributed by atoms with Crippen molar-refractivity contribution in [3.05, 3.63) is 102 Å². The Morgan fingerprint density at radius 3 is 2.37 bits per heavy atom. The summed E-state index contributed by atoms with van der Waals surface area (Å²) in [5.41, 5.74) is 4.41. The van der Waals surface area contributed by atoms with Crippen molar-refractivity contribution in [1.29, 1.82) is 0 Å². The summed E-state index contributed by atoms with van der Waals surface area (Å²) in [7, 11) is 1.25. The Bertz CT molecular complexity index is 1360. The molecule has 2 N–H and O–H groups in total. The molecule has 3 aromatic carbocycles. The van der Waals surface area contributed by atoms with E-state index in [2.05, 4.69) is 20.5 Å². The van der Waals surface area contributed by atoms with Gasteiger partial charge in [-0.1, -0.05) is 54.1 Å². The van der Waals surface area contributed by atoms with Gasteiger partial charge in [-0.15, -0.1) is 0 Å². The molecule has 0 aliphatic heterocycles.